The number of piperazine rings is 1. The summed E-state index contributed by atoms with van der Waals surface area (Å²) in [5.74, 6) is 0. The van der Waals surface area contributed by atoms with E-state index in [-0.39, 0.29) is 0 Å². The minimum Gasteiger partial charge on any atom is -0.385 e. The third-order valence-corrected chi connectivity index (χ3v) is 2.30. The Kier molecular flexibility index (Phi) is 3.83. The van der Waals surface area contributed by atoms with E-state index in [0.29, 0.717) is 6.04 Å². The molecular formula is C8H18N2O. The Morgan fingerprint density at radius 3 is 3.09 bits per heavy atom. The standard InChI is InChI=1S/C8H18N2O/c1-10-5-4-9-7-8(10)3-6-11-2/h8-9H,3-7H2,1-2H3/t8-/m0/s1. The van der Waals surface area contributed by atoms with Gasteiger partial charge in [-0.1, -0.05) is 0 Å². The normalized spacial score (nSPS) is 27.3. The van der Waals surface area contributed by atoms with Crippen molar-refractivity contribution in [3.05, 3.63) is 0 Å². The molecule has 1 saturated heterocycles. The summed E-state index contributed by atoms with van der Waals surface area (Å²) < 4.78 is 5.04. The number of ether oxygens (including phenoxy) is 1. The number of nitrogens with zero attached hydrogens (tertiary/aromatic N) is 1. The molecule has 0 aromatic heterocycles. The Balaban J connectivity index is 2.18. The molecule has 0 unspecified atom stereocenters. The summed E-state index contributed by atoms with van der Waals surface area (Å²) in [6.07, 6.45) is 1.14. The first-order chi connectivity index (χ1) is 5.34. The molecule has 66 valence electrons. The van der Waals surface area contributed by atoms with E-state index in [2.05, 4.69) is 17.3 Å². The van der Waals surface area contributed by atoms with Gasteiger partial charge in [-0.15, -0.1) is 0 Å². The Labute approximate surface area is 68.7 Å². The summed E-state index contributed by atoms with van der Waals surface area (Å²) in [5.41, 5.74) is 0. The Morgan fingerprint density at radius 2 is 2.45 bits per heavy atom. The molecule has 0 aliphatic carbocycles. The molecule has 0 aromatic rings. The number of likely N-dealkylation sites (N-methyl/N-ethyl adjacent to an activating group) is 1. The highest BCUT2D eigenvalue weighted by atomic mass is 16.5. The van der Waals surface area contributed by atoms with Crippen LogP contribution in [-0.4, -0.2) is 51.3 Å². The zero-order valence-corrected chi connectivity index (χ0v) is 7.47. The van der Waals surface area contributed by atoms with Gasteiger partial charge in [-0.3, -0.25) is 0 Å². The van der Waals surface area contributed by atoms with Gasteiger partial charge in [0.15, 0.2) is 0 Å². The Bertz CT molecular complexity index is 108. The van der Waals surface area contributed by atoms with Gasteiger partial charge in [0.25, 0.3) is 0 Å². The zero-order chi connectivity index (χ0) is 8.10. The van der Waals surface area contributed by atoms with Crippen LogP contribution in [0.2, 0.25) is 0 Å². The van der Waals surface area contributed by atoms with Gasteiger partial charge in [0.05, 0.1) is 0 Å². The van der Waals surface area contributed by atoms with Crippen LogP contribution in [0, 0.1) is 0 Å². The average molecular weight is 158 g/mol. The number of hydrogen-bond donors (Lipinski definition) is 1. The summed E-state index contributed by atoms with van der Waals surface area (Å²) in [7, 11) is 3.94. The largest absolute Gasteiger partial charge is 0.385 e. The summed E-state index contributed by atoms with van der Waals surface area (Å²) in [6.45, 7) is 4.27. The molecule has 1 fully saturated rings. The predicted octanol–water partition coefficient (Wildman–Crippen LogP) is -0.0735. The van der Waals surface area contributed by atoms with Crippen LogP contribution in [0.15, 0.2) is 0 Å². The molecule has 1 heterocycles. The van der Waals surface area contributed by atoms with Crippen molar-refractivity contribution in [2.45, 2.75) is 12.5 Å². The van der Waals surface area contributed by atoms with Gasteiger partial charge in [0, 0.05) is 39.4 Å². The second kappa shape index (κ2) is 4.70. The molecule has 1 N–H and O–H groups in total. The number of hydrogen-bond acceptors (Lipinski definition) is 3. The lowest BCUT2D eigenvalue weighted by atomic mass is 10.1. The number of methoxy groups -OCH3 is 1. The first kappa shape index (κ1) is 8.97. The second-order valence-electron chi connectivity index (χ2n) is 3.12. The fraction of sp³-hybridized carbons (Fsp3) is 1.00. The summed E-state index contributed by atoms with van der Waals surface area (Å²) in [5, 5.41) is 3.38. The molecular weight excluding hydrogens is 140 g/mol. The van der Waals surface area contributed by atoms with Crippen molar-refractivity contribution in [3.8, 4) is 0 Å². The highest BCUT2D eigenvalue weighted by Crippen LogP contribution is 2.03. The topological polar surface area (TPSA) is 24.5 Å². The van der Waals surface area contributed by atoms with Crippen molar-refractivity contribution in [1.29, 1.82) is 0 Å². The SMILES string of the molecule is COCC[C@H]1CNCCN1C. The maximum absolute atomic E-state index is 5.04. The molecule has 0 aromatic carbocycles. The molecule has 0 saturated carbocycles. The molecule has 1 aliphatic heterocycles. The van der Waals surface area contributed by atoms with Gasteiger partial charge in [-0.25, -0.2) is 0 Å². The van der Waals surface area contributed by atoms with Crippen LogP contribution >= 0.6 is 0 Å². The second-order valence-corrected chi connectivity index (χ2v) is 3.12. The van der Waals surface area contributed by atoms with Crippen LogP contribution in [0.25, 0.3) is 0 Å². The van der Waals surface area contributed by atoms with E-state index in [4.69, 9.17) is 4.74 Å². The molecule has 3 nitrogen and oxygen atoms in total. The van der Waals surface area contributed by atoms with Gasteiger partial charge in [0.2, 0.25) is 0 Å². The van der Waals surface area contributed by atoms with Crippen molar-refractivity contribution in [2.24, 2.45) is 0 Å². The van der Waals surface area contributed by atoms with Gasteiger partial charge < -0.3 is 15.0 Å². The molecule has 0 amide bonds. The fourth-order valence-corrected chi connectivity index (χ4v) is 1.44. The van der Waals surface area contributed by atoms with Crippen LogP contribution in [0.3, 0.4) is 0 Å². The lowest BCUT2D eigenvalue weighted by molar-refractivity contribution is 0.131. The average Bonchev–Trinajstić information content (AvgIpc) is 2.03. The highest BCUT2D eigenvalue weighted by molar-refractivity contribution is 4.76. The Hall–Kier alpha value is -0.120. The summed E-state index contributed by atoms with van der Waals surface area (Å²) in [4.78, 5) is 2.40. The third kappa shape index (κ3) is 2.77. The number of rotatable bonds is 3. The van der Waals surface area contributed by atoms with E-state index >= 15 is 0 Å². The van der Waals surface area contributed by atoms with Crippen molar-refractivity contribution < 1.29 is 4.74 Å². The van der Waals surface area contributed by atoms with E-state index in [1.54, 1.807) is 7.11 Å². The van der Waals surface area contributed by atoms with E-state index < -0.39 is 0 Å². The molecule has 0 spiro atoms. The Morgan fingerprint density at radius 1 is 1.64 bits per heavy atom. The van der Waals surface area contributed by atoms with Crippen molar-refractivity contribution in [3.63, 3.8) is 0 Å². The van der Waals surface area contributed by atoms with Crippen LogP contribution < -0.4 is 5.32 Å². The van der Waals surface area contributed by atoms with Gasteiger partial charge >= 0.3 is 0 Å². The maximum atomic E-state index is 5.04. The fourth-order valence-electron chi connectivity index (χ4n) is 1.44. The predicted molar refractivity (Wildman–Crippen MR) is 45.8 cm³/mol. The lowest BCUT2D eigenvalue weighted by Gasteiger charge is -2.32. The van der Waals surface area contributed by atoms with Crippen molar-refractivity contribution in [2.75, 3.05) is 40.4 Å². The molecule has 3 heteroatoms. The smallest absolute Gasteiger partial charge is 0.0477 e. The lowest BCUT2D eigenvalue weighted by Crippen LogP contribution is -2.49. The minimum absolute atomic E-state index is 0.670. The third-order valence-electron chi connectivity index (χ3n) is 2.30. The first-order valence-corrected chi connectivity index (χ1v) is 4.24. The summed E-state index contributed by atoms with van der Waals surface area (Å²) in [6, 6.07) is 0.670. The minimum atomic E-state index is 0.670. The van der Waals surface area contributed by atoms with Crippen LogP contribution in [-0.2, 0) is 4.74 Å². The van der Waals surface area contributed by atoms with Gasteiger partial charge in [0.1, 0.15) is 0 Å². The number of nitrogens with one attached hydrogen (secondary N) is 1. The van der Waals surface area contributed by atoms with E-state index in [1.165, 1.54) is 0 Å². The summed E-state index contributed by atoms with van der Waals surface area (Å²) >= 11 is 0. The molecule has 1 atom stereocenters. The molecule has 11 heavy (non-hydrogen) atoms. The molecule has 0 radical (unpaired) electrons. The van der Waals surface area contributed by atoms with Crippen molar-refractivity contribution >= 4 is 0 Å². The zero-order valence-electron chi connectivity index (χ0n) is 7.47. The van der Waals surface area contributed by atoms with Crippen LogP contribution in [0.1, 0.15) is 6.42 Å². The monoisotopic (exact) mass is 158 g/mol. The van der Waals surface area contributed by atoms with E-state index in [9.17, 15) is 0 Å². The molecule has 1 rings (SSSR count). The van der Waals surface area contributed by atoms with Crippen LogP contribution in [0.4, 0.5) is 0 Å². The van der Waals surface area contributed by atoms with Gasteiger partial charge in [-0.2, -0.15) is 0 Å². The van der Waals surface area contributed by atoms with E-state index in [1.807, 2.05) is 0 Å². The first-order valence-electron chi connectivity index (χ1n) is 4.24. The maximum Gasteiger partial charge on any atom is 0.0477 e. The molecule has 1 aliphatic rings. The quantitative estimate of drug-likeness (QED) is 0.622. The van der Waals surface area contributed by atoms with E-state index in [0.717, 1.165) is 32.7 Å². The van der Waals surface area contributed by atoms with Crippen molar-refractivity contribution in [1.82, 2.24) is 10.2 Å². The van der Waals surface area contributed by atoms with Crippen LogP contribution in [0.5, 0.6) is 0 Å². The molecule has 0 bridgehead atoms. The highest BCUT2D eigenvalue weighted by Gasteiger charge is 2.17. The van der Waals surface area contributed by atoms with Gasteiger partial charge in [-0.05, 0) is 13.5 Å².